The first-order valence-electron chi connectivity index (χ1n) is 10.1. The number of H-pyrrole nitrogens is 1. The first kappa shape index (κ1) is 19.4. The fraction of sp³-hybridized carbons (Fsp3) is 0.571. The lowest BCUT2D eigenvalue weighted by Gasteiger charge is -2.37. The molecule has 0 aliphatic carbocycles. The number of benzene rings is 1. The van der Waals surface area contributed by atoms with Gasteiger partial charge in [-0.3, -0.25) is 10.00 Å². The molecule has 152 valence electrons. The van der Waals surface area contributed by atoms with Gasteiger partial charge in [-0.25, -0.2) is 0 Å². The van der Waals surface area contributed by atoms with Crippen LogP contribution in [0.5, 0.6) is 5.75 Å². The zero-order chi connectivity index (χ0) is 19.2. The van der Waals surface area contributed by atoms with E-state index in [2.05, 4.69) is 26.5 Å². The molecule has 0 unspecified atom stereocenters. The number of aromatic amines is 1. The molecule has 0 bridgehead atoms. The Labute approximate surface area is 166 Å². The molecule has 2 fully saturated rings. The molecule has 2 aliphatic rings. The number of methoxy groups -OCH3 is 1. The summed E-state index contributed by atoms with van der Waals surface area (Å²) in [4.78, 5) is 2.56. The van der Waals surface area contributed by atoms with Crippen LogP contribution < -0.4 is 10.1 Å². The normalized spacial score (nSPS) is 21.7. The maximum atomic E-state index is 5.67. The van der Waals surface area contributed by atoms with Crippen molar-refractivity contribution in [1.82, 2.24) is 20.4 Å². The average Bonchev–Trinajstić information content (AvgIpc) is 3.44. The van der Waals surface area contributed by atoms with Crippen LogP contribution in [0.1, 0.15) is 12.0 Å². The van der Waals surface area contributed by atoms with Crippen LogP contribution in [0.4, 0.5) is 0 Å². The van der Waals surface area contributed by atoms with Crippen LogP contribution in [0.25, 0.3) is 11.3 Å². The second kappa shape index (κ2) is 9.52. The molecule has 28 heavy (non-hydrogen) atoms. The molecular weight excluding hydrogens is 356 g/mol. The van der Waals surface area contributed by atoms with Gasteiger partial charge in [0.2, 0.25) is 0 Å². The van der Waals surface area contributed by atoms with E-state index < -0.39 is 0 Å². The summed E-state index contributed by atoms with van der Waals surface area (Å²) in [6, 6.07) is 8.54. The van der Waals surface area contributed by atoms with E-state index in [0.717, 1.165) is 81.6 Å². The van der Waals surface area contributed by atoms with E-state index in [1.54, 1.807) is 7.11 Å². The summed E-state index contributed by atoms with van der Waals surface area (Å²) in [5.41, 5.74) is 3.29. The van der Waals surface area contributed by atoms with Gasteiger partial charge in [0.1, 0.15) is 5.75 Å². The molecule has 2 aromatic rings. The predicted molar refractivity (Wildman–Crippen MR) is 107 cm³/mol. The number of nitrogens with zero attached hydrogens (tertiary/aromatic N) is 2. The topological polar surface area (TPSA) is 71.6 Å². The fourth-order valence-electron chi connectivity index (χ4n) is 4.19. The molecule has 1 aromatic carbocycles. The molecule has 0 spiro atoms. The minimum Gasteiger partial charge on any atom is -0.497 e. The minimum atomic E-state index is 0.485. The maximum Gasteiger partial charge on any atom is 0.119 e. The van der Waals surface area contributed by atoms with Crippen molar-refractivity contribution in [2.24, 2.45) is 5.92 Å². The largest absolute Gasteiger partial charge is 0.497 e. The zero-order valence-electron chi connectivity index (χ0n) is 16.5. The van der Waals surface area contributed by atoms with Crippen molar-refractivity contribution in [2.45, 2.75) is 19.0 Å². The highest BCUT2D eigenvalue weighted by Crippen LogP contribution is 2.25. The fourth-order valence-corrected chi connectivity index (χ4v) is 4.19. The Bertz CT molecular complexity index is 739. The van der Waals surface area contributed by atoms with Crippen LogP contribution in [0, 0.1) is 5.92 Å². The second-order valence-electron chi connectivity index (χ2n) is 7.47. The Balaban J connectivity index is 1.40. The van der Waals surface area contributed by atoms with E-state index in [1.807, 2.05) is 24.4 Å². The molecule has 4 rings (SSSR count). The molecule has 2 atom stereocenters. The first-order chi connectivity index (χ1) is 13.8. The Hall–Kier alpha value is -1.93. The number of hydrogen-bond acceptors (Lipinski definition) is 6. The Kier molecular flexibility index (Phi) is 6.59. The number of nitrogens with one attached hydrogen (secondary N) is 2. The lowest BCUT2D eigenvalue weighted by molar-refractivity contribution is 0.00137. The Morgan fingerprint density at radius 2 is 2.18 bits per heavy atom. The van der Waals surface area contributed by atoms with E-state index in [-0.39, 0.29) is 0 Å². The number of ether oxygens (including phenoxy) is 3. The van der Waals surface area contributed by atoms with E-state index in [1.165, 1.54) is 0 Å². The van der Waals surface area contributed by atoms with E-state index in [9.17, 15) is 0 Å². The van der Waals surface area contributed by atoms with Crippen molar-refractivity contribution in [3.8, 4) is 17.0 Å². The van der Waals surface area contributed by atoms with Gasteiger partial charge in [0.15, 0.2) is 0 Å². The molecule has 0 radical (unpaired) electrons. The van der Waals surface area contributed by atoms with Crippen molar-refractivity contribution in [2.75, 3.05) is 53.2 Å². The molecule has 0 amide bonds. The van der Waals surface area contributed by atoms with Gasteiger partial charge in [-0.15, -0.1) is 0 Å². The summed E-state index contributed by atoms with van der Waals surface area (Å²) in [6.45, 7) is 7.12. The first-order valence-corrected chi connectivity index (χ1v) is 10.1. The SMILES string of the molecule is COc1cccc(-c2[nH]ncc2CNC[C@H]([C@@H]2CCOC2)N2CCOCC2)c1. The van der Waals surface area contributed by atoms with Crippen LogP contribution in [0.2, 0.25) is 0 Å². The third-order valence-electron chi connectivity index (χ3n) is 5.77. The predicted octanol–water partition coefficient (Wildman–Crippen LogP) is 1.91. The third-order valence-corrected chi connectivity index (χ3v) is 5.77. The van der Waals surface area contributed by atoms with Crippen molar-refractivity contribution in [1.29, 1.82) is 0 Å². The summed E-state index contributed by atoms with van der Waals surface area (Å²) >= 11 is 0. The molecule has 1 aromatic heterocycles. The number of aromatic nitrogens is 2. The van der Waals surface area contributed by atoms with Crippen LogP contribution >= 0.6 is 0 Å². The monoisotopic (exact) mass is 386 g/mol. The minimum absolute atomic E-state index is 0.485. The molecule has 3 heterocycles. The average molecular weight is 386 g/mol. The summed E-state index contributed by atoms with van der Waals surface area (Å²) in [6.07, 6.45) is 3.05. The highest BCUT2D eigenvalue weighted by Gasteiger charge is 2.31. The van der Waals surface area contributed by atoms with Crippen LogP contribution in [-0.4, -0.2) is 74.3 Å². The highest BCUT2D eigenvalue weighted by molar-refractivity contribution is 5.64. The van der Waals surface area contributed by atoms with Gasteiger partial charge >= 0.3 is 0 Å². The molecular formula is C21H30N4O3. The van der Waals surface area contributed by atoms with Crippen molar-refractivity contribution < 1.29 is 14.2 Å². The van der Waals surface area contributed by atoms with E-state index >= 15 is 0 Å². The van der Waals surface area contributed by atoms with Crippen LogP contribution in [-0.2, 0) is 16.0 Å². The van der Waals surface area contributed by atoms with Gasteiger partial charge in [0.25, 0.3) is 0 Å². The molecule has 0 saturated carbocycles. The molecule has 7 heteroatoms. The van der Waals surface area contributed by atoms with E-state index in [4.69, 9.17) is 14.2 Å². The summed E-state index contributed by atoms with van der Waals surface area (Å²) < 4.78 is 16.6. The lowest BCUT2D eigenvalue weighted by atomic mass is 9.96. The van der Waals surface area contributed by atoms with E-state index in [0.29, 0.717) is 12.0 Å². The quantitative estimate of drug-likeness (QED) is 0.722. The van der Waals surface area contributed by atoms with Crippen molar-refractivity contribution >= 4 is 0 Å². The molecule has 7 nitrogen and oxygen atoms in total. The lowest BCUT2D eigenvalue weighted by Crippen LogP contribution is -2.51. The van der Waals surface area contributed by atoms with Crippen molar-refractivity contribution in [3.63, 3.8) is 0 Å². The van der Waals surface area contributed by atoms with Gasteiger partial charge < -0.3 is 19.5 Å². The van der Waals surface area contributed by atoms with Gasteiger partial charge in [0, 0.05) is 55.9 Å². The number of hydrogen-bond donors (Lipinski definition) is 2. The second-order valence-corrected chi connectivity index (χ2v) is 7.47. The van der Waals surface area contributed by atoms with Gasteiger partial charge in [-0.05, 0) is 18.6 Å². The Morgan fingerprint density at radius 3 is 2.96 bits per heavy atom. The number of morpholine rings is 1. The van der Waals surface area contributed by atoms with Gasteiger partial charge in [-0.2, -0.15) is 5.10 Å². The molecule has 2 N–H and O–H groups in total. The van der Waals surface area contributed by atoms with Gasteiger partial charge in [0.05, 0.1) is 38.8 Å². The maximum absolute atomic E-state index is 5.67. The standard InChI is InChI=1S/C21H30N4O3/c1-26-19-4-2-3-16(11-19)21-18(13-23-24-21)12-22-14-20(17-5-8-28-15-17)25-6-9-27-10-7-25/h2-4,11,13,17,20,22H,5-10,12,14-15H2,1H3,(H,23,24)/t17-,20-/m1/s1. The highest BCUT2D eigenvalue weighted by atomic mass is 16.5. The molecule has 2 aliphatic heterocycles. The van der Waals surface area contributed by atoms with Crippen LogP contribution in [0.3, 0.4) is 0 Å². The molecule has 2 saturated heterocycles. The summed E-state index contributed by atoms with van der Waals surface area (Å²) in [7, 11) is 1.69. The zero-order valence-corrected chi connectivity index (χ0v) is 16.5. The van der Waals surface area contributed by atoms with Gasteiger partial charge in [-0.1, -0.05) is 12.1 Å². The summed E-state index contributed by atoms with van der Waals surface area (Å²) in [5.74, 6) is 1.44. The third kappa shape index (κ3) is 4.55. The Morgan fingerprint density at radius 1 is 1.29 bits per heavy atom. The van der Waals surface area contributed by atoms with Crippen LogP contribution in [0.15, 0.2) is 30.5 Å². The summed E-state index contributed by atoms with van der Waals surface area (Å²) in [5, 5.41) is 11.1. The van der Waals surface area contributed by atoms with Crippen molar-refractivity contribution in [3.05, 3.63) is 36.0 Å². The smallest absolute Gasteiger partial charge is 0.119 e. The number of rotatable bonds is 8.